The molecule has 0 saturated carbocycles. The SMILES string of the molecule is O=C(OCc1coc(-c2ccccc2)n1)c1ccc(F)c(F)c1. The molecule has 0 amide bonds. The second kappa shape index (κ2) is 6.39. The summed E-state index contributed by atoms with van der Waals surface area (Å²) < 4.78 is 36.2. The average Bonchev–Trinajstić information content (AvgIpc) is 3.05. The third kappa shape index (κ3) is 3.42. The highest BCUT2D eigenvalue weighted by atomic mass is 19.2. The fourth-order valence-corrected chi connectivity index (χ4v) is 1.93. The van der Waals surface area contributed by atoms with Gasteiger partial charge in [-0.15, -0.1) is 0 Å². The Balaban J connectivity index is 1.65. The Morgan fingerprint density at radius 1 is 1.09 bits per heavy atom. The van der Waals surface area contributed by atoms with Crippen LogP contribution in [0.5, 0.6) is 0 Å². The summed E-state index contributed by atoms with van der Waals surface area (Å²) in [4.78, 5) is 16.0. The van der Waals surface area contributed by atoms with E-state index in [1.54, 1.807) is 0 Å². The number of hydrogen-bond donors (Lipinski definition) is 0. The van der Waals surface area contributed by atoms with Crippen molar-refractivity contribution in [1.29, 1.82) is 0 Å². The molecular formula is C17H11F2NO3. The van der Waals surface area contributed by atoms with E-state index in [-0.39, 0.29) is 12.2 Å². The van der Waals surface area contributed by atoms with E-state index in [1.165, 1.54) is 6.26 Å². The minimum absolute atomic E-state index is 0.0734. The van der Waals surface area contributed by atoms with Gasteiger partial charge in [0.25, 0.3) is 0 Å². The number of oxazole rings is 1. The number of aromatic nitrogens is 1. The second-order valence-corrected chi connectivity index (χ2v) is 4.72. The quantitative estimate of drug-likeness (QED) is 0.683. The van der Waals surface area contributed by atoms with Crippen LogP contribution >= 0.6 is 0 Å². The van der Waals surface area contributed by atoms with Crippen molar-refractivity contribution in [2.24, 2.45) is 0 Å². The van der Waals surface area contributed by atoms with E-state index in [4.69, 9.17) is 9.15 Å². The van der Waals surface area contributed by atoms with E-state index in [0.29, 0.717) is 11.6 Å². The first-order valence-electron chi connectivity index (χ1n) is 6.75. The molecule has 4 nitrogen and oxygen atoms in total. The van der Waals surface area contributed by atoms with Crippen LogP contribution in [0, 0.1) is 11.6 Å². The van der Waals surface area contributed by atoms with Gasteiger partial charge in [-0.1, -0.05) is 18.2 Å². The molecule has 0 atom stereocenters. The molecule has 0 aliphatic rings. The molecule has 6 heteroatoms. The molecule has 3 rings (SSSR count). The zero-order valence-corrected chi connectivity index (χ0v) is 11.8. The second-order valence-electron chi connectivity index (χ2n) is 4.72. The monoisotopic (exact) mass is 315 g/mol. The van der Waals surface area contributed by atoms with Crippen LogP contribution in [-0.4, -0.2) is 11.0 Å². The minimum Gasteiger partial charge on any atom is -0.455 e. The van der Waals surface area contributed by atoms with Crippen LogP contribution in [0.3, 0.4) is 0 Å². The van der Waals surface area contributed by atoms with E-state index < -0.39 is 17.6 Å². The highest BCUT2D eigenvalue weighted by Gasteiger charge is 2.13. The molecule has 0 unspecified atom stereocenters. The molecule has 0 bridgehead atoms. The van der Waals surface area contributed by atoms with Gasteiger partial charge in [-0.2, -0.15) is 0 Å². The molecule has 0 aliphatic heterocycles. The summed E-state index contributed by atoms with van der Waals surface area (Å²) in [6.07, 6.45) is 1.38. The van der Waals surface area contributed by atoms with Crippen molar-refractivity contribution in [2.75, 3.05) is 0 Å². The normalized spacial score (nSPS) is 10.5. The van der Waals surface area contributed by atoms with E-state index in [1.807, 2.05) is 30.3 Å². The summed E-state index contributed by atoms with van der Waals surface area (Å²) in [5.74, 6) is -2.49. The van der Waals surface area contributed by atoms with Crippen LogP contribution < -0.4 is 0 Å². The Kier molecular flexibility index (Phi) is 4.14. The van der Waals surface area contributed by atoms with Crippen molar-refractivity contribution >= 4 is 5.97 Å². The minimum atomic E-state index is -1.10. The van der Waals surface area contributed by atoms with Gasteiger partial charge >= 0.3 is 5.97 Å². The van der Waals surface area contributed by atoms with Crippen LogP contribution in [-0.2, 0) is 11.3 Å². The lowest BCUT2D eigenvalue weighted by atomic mass is 10.2. The highest BCUT2D eigenvalue weighted by Crippen LogP contribution is 2.18. The number of benzene rings is 2. The maximum Gasteiger partial charge on any atom is 0.338 e. The summed E-state index contributed by atoms with van der Waals surface area (Å²) in [7, 11) is 0. The van der Waals surface area contributed by atoms with Crippen molar-refractivity contribution < 1.29 is 22.7 Å². The third-order valence-corrected chi connectivity index (χ3v) is 3.08. The molecule has 3 aromatic rings. The lowest BCUT2D eigenvalue weighted by molar-refractivity contribution is 0.0467. The van der Waals surface area contributed by atoms with E-state index in [9.17, 15) is 13.6 Å². The lowest BCUT2D eigenvalue weighted by Crippen LogP contribution is -2.06. The number of carbonyl (C=O) groups is 1. The number of halogens is 2. The molecule has 1 heterocycles. The maximum atomic E-state index is 13.1. The molecule has 0 radical (unpaired) electrons. The molecule has 23 heavy (non-hydrogen) atoms. The van der Waals surface area contributed by atoms with Crippen molar-refractivity contribution in [3.63, 3.8) is 0 Å². The van der Waals surface area contributed by atoms with Gasteiger partial charge in [0, 0.05) is 5.56 Å². The molecule has 1 aromatic heterocycles. The maximum absolute atomic E-state index is 13.1. The van der Waals surface area contributed by atoms with Crippen molar-refractivity contribution in [1.82, 2.24) is 4.98 Å². The predicted molar refractivity (Wildman–Crippen MR) is 77.4 cm³/mol. The van der Waals surface area contributed by atoms with Crippen molar-refractivity contribution in [2.45, 2.75) is 6.61 Å². The first-order valence-corrected chi connectivity index (χ1v) is 6.75. The summed E-state index contributed by atoms with van der Waals surface area (Å²) in [6.45, 7) is -0.131. The smallest absolute Gasteiger partial charge is 0.338 e. The Morgan fingerprint density at radius 2 is 1.87 bits per heavy atom. The van der Waals surface area contributed by atoms with E-state index in [2.05, 4.69) is 4.98 Å². The summed E-state index contributed by atoms with van der Waals surface area (Å²) in [5, 5.41) is 0. The fourth-order valence-electron chi connectivity index (χ4n) is 1.93. The third-order valence-electron chi connectivity index (χ3n) is 3.08. The molecule has 0 N–H and O–H groups in total. The number of rotatable bonds is 4. The molecule has 2 aromatic carbocycles. The fraction of sp³-hybridized carbons (Fsp3) is 0.0588. The van der Waals surface area contributed by atoms with E-state index in [0.717, 1.165) is 23.8 Å². The average molecular weight is 315 g/mol. The van der Waals surface area contributed by atoms with Gasteiger partial charge in [0.2, 0.25) is 5.89 Å². The van der Waals surface area contributed by atoms with Gasteiger partial charge in [-0.25, -0.2) is 18.6 Å². The number of nitrogens with zero attached hydrogens (tertiary/aromatic N) is 1. The molecular weight excluding hydrogens is 304 g/mol. The van der Waals surface area contributed by atoms with Crippen LogP contribution in [0.1, 0.15) is 16.1 Å². The topological polar surface area (TPSA) is 52.3 Å². The standard InChI is InChI=1S/C17H11F2NO3/c18-14-7-6-12(8-15(14)19)17(21)23-10-13-9-22-16(20-13)11-4-2-1-3-5-11/h1-9H,10H2. The van der Waals surface area contributed by atoms with Crippen molar-refractivity contribution in [3.05, 3.63) is 77.7 Å². The van der Waals surface area contributed by atoms with Gasteiger partial charge < -0.3 is 9.15 Å². The number of carbonyl (C=O) groups excluding carboxylic acids is 1. The van der Waals surface area contributed by atoms with Gasteiger partial charge in [-0.3, -0.25) is 0 Å². The Hall–Kier alpha value is -3.02. The van der Waals surface area contributed by atoms with Gasteiger partial charge in [0.05, 0.1) is 5.56 Å². The lowest BCUT2D eigenvalue weighted by Gasteiger charge is -2.03. The number of ether oxygens (including phenoxy) is 1. The number of hydrogen-bond acceptors (Lipinski definition) is 4. The molecule has 0 aliphatic carbocycles. The molecule has 0 saturated heterocycles. The summed E-state index contributed by atoms with van der Waals surface area (Å²) >= 11 is 0. The summed E-state index contributed by atoms with van der Waals surface area (Å²) in [6, 6.07) is 12.1. The zero-order valence-electron chi connectivity index (χ0n) is 11.8. The van der Waals surface area contributed by atoms with Crippen LogP contribution in [0.4, 0.5) is 8.78 Å². The highest BCUT2D eigenvalue weighted by molar-refractivity contribution is 5.89. The molecule has 0 spiro atoms. The van der Waals surface area contributed by atoms with Gasteiger partial charge in [0.15, 0.2) is 11.6 Å². The Bertz CT molecular complexity index is 831. The van der Waals surface area contributed by atoms with Crippen LogP contribution in [0.2, 0.25) is 0 Å². The predicted octanol–water partition coefficient (Wildman–Crippen LogP) is 3.98. The Morgan fingerprint density at radius 3 is 2.61 bits per heavy atom. The largest absolute Gasteiger partial charge is 0.455 e. The first kappa shape index (κ1) is 14.9. The van der Waals surface area contributed by atoms with Gasteiger partial charge in [-0.05, 0) is 30.3 Å². The van der Waals surface area contributed by atoms with Crippen LogP contribution in [0.15, 0.2) is 59.2 Å². The zero-order chi connectivity index (χ0) is 16.2. The molecule has 0 fully saturated rings. The first-order chi connectivity index (χ1) is 11.1. The Labute approximate surface area is 130 Å². The summed E-state index contributed by atoms with van der Waals surface area (Å²) in [5.41, 5.74) is 1.14. The van der Waals surface area contributed by atoms with Gasteiger partial charge in [0.1, 0.15) is 18.6 Å². The van der Waals surface area contributed by atoms with Crippen molar-refractivity contribution in [3.8, 4) is 11.5 Å². The molecule has 116 valence electrons. The van der Waals surface area contributed by atoms with E-state index >= 15 is 0 Å². The van der Waals surface area contributed by atoms with Crippen LogP contribution in [0.25, 0.3) is 11.5 Å². The number of esters is 1.